The minimum Gasteiger partial charge on any atom is -0.390 e. The lowest BCUT2D eigenvalue weighted by atomic mass is 10.4. The van der Waals surface area contributed by atoms with Crippen LogP contribution in [0.4, 0.5) is 0 Å². The molecule has 0 saturated carbocycles. The van der Waals surface area contributed by atoms with Gasteiger partial charge in [-0.15, -0.1) is 0 Å². The summed E-state index contributed by atoms with van der Waals surface area (Å²) in [6, 6.07) is 3.88. The van der Waals surface area contributed by atoms with Gasteiger partial charge in [0.05, 0.1) is 34.9 Å². The monoisotopic (exact) mass is 276 g/mol. The third-order valence-electron chi connectivity index (χ3n) is 1.35. The SMILES string of the molecule is Cc1ccc(/C(N=CN)=N/I)[nH]1. The number of nitrogens with one attached hydrogen (secondary N) is 1. The molecule has 1 heterocycles. The van der Waals surface area contributed by atoms with Gasteiger partial charge in [-0.25, -0.2) is 4.99 Å². The molecule has 3 N–H and O–H groups in total. The van der Waals surface area contributed by atoms with Crippen LogP contribution >= 0.6 is 22.9 Å². The fourth-order valence-corrected chi connectivity index (χ4v) is 1.23. The Kier molecular flexibility index (Phi) is 3.27. The number of aliphatic imine (C=N–C) groups is 1. The molecule has 0 atom stereocenters. The molecule has 0 unspecified atom stereocenters. The fourth-order valence-electron chi connectivity index (χ4n) is 0.842. The summed E-state index contributed by atoms with van der Waals surface area (Å²) < 4.78 is 3.94. The lowest BCUT2D eigenvalue weighted by molar-refractivity contribution is 1.24. The highest BCUT2D eigenvalue weighted by Gasteiger charge is 2.01. The van der Waals surface area contributed by atoms with Crippen molar-refractivity contribution in [2.24, 2.45) is 13.9 Å². The molecule has 0 aliphatic rings. The Balaban J connectivity index is 2.96. The maximum atomic E-state index is 5.16. The van der Waals surface area contributed by atoms with Crippen LogP contribution in [0, 0.1) is 6.92 Å². The van der Waals surface area contributed by atoms with Gasteiger partial charge in [-0.05, 0) is 19.1 Å². The van der Waals surface area contributed by atoms with Gasteiger partial charge in [-0.3, -0.25) is 0 Å². The van der Waals surface area contributed by atoms with E-state index in [2.05, 4.69) is 13.2 Å². The fraction of sp³-hybridized carbons (Fsp3) is 0.143. The Labute approximate surface area is 84.5 Å². The number of nitrogens with zero attached hydrogens (tertiary/aromatic N) is 2. The van der Waals surface area contributed by atoms with Gasteiger partial charge in [0, 0.05) is 5.69 Å². The number of halogens is 1. The molecule has 0 bridgehead atoms. The largest absolute Gasteiger partial charge is 0.390 e. The number of aromatic nitrogens is 1. The Hall–Kier alpha value is -0.850. The number of aryl methyl sites for hydroxylation is 1. The molecule has 0 saturated heterocycles. The van der Waals surface area contributed by atoms with Crippen LogP contribution in [0.5, 0.6) is 0 Å². The highest BCUT2D eigenvalue weighted by Crippen LogP contribution is 2.04. The first-order valence-electron chi connectivity index (χ1n) is 3.37. The first-order chi connectivity index (χ1) is 5.77. The molecular formula is C7H9IN4. The molecule has 1 aromatic rings. The van der Waals surface area contributed by atoms with E-state index in [9.17, 15) is 0 Å². The maximum absolute atomic E-state index is 5.16. The number of hydrogen-bond acceptors (Lipinski definition) is 1. The van der Waals surface area contributed by atoms with E-state index in [0.29, 0.717) is 5.84 Å². The zero-order valence-corrected chi connectivity index (χ0v) is 8.74. The minimum atomic E-state index is 0.603. The van der Waals surface area contributed by atoms with E-state index in [1.807, 2.05) is 41.9 Å². The Bertz CT molecular complexity index is 313. The molecule has 12 heavy (non-hydrogen) atoms. The first-order valence-corrected chi connectivity index (χ1v) is 4.33. The summed E-state index contributed by atoms with van der Waals surface area (Å²) in [5.41, 5.74) is 7.12. The Morgan fingerprint density at radius 3 is 2.83 bits per heavy atom. The molecule has 0 amide bonds. The van der Waals surface area contributed by atoms with Gasteiger partial charge in [0.25, 0.3) is 0 Å². The van der Waals surface area contributed by atoms with Gasteiger partial charge >= 0.3 is 0 Å². The lowest BCUT2D eigenvalue weighted by Gasteiger charge is -1.92. The van der Waals surface area contributed by atoms with E-state index < -0.39 is 0 Å². The minimum absolute atomic E-state index is 0.603. The summed E-state index contributed by atoms with van der Waals surface area (Å²) in [7, 11) is 0. The van der Waals surface area contributed by atoms with Crippen molar-refractivity contribution < 1.29 is 0 Å². The Morgan fingerprint density at radius 1 is 1.67 bits per heavy atom. The van der Waals surface area contributed by atoms with E-state index in [1.54, 1.807) is 0 Å². The van der Waals surface area contributed by atoms with Gasteiger partial charge in [-0.2, -0.15) is 3.21 Å². The molecular weight excluding hydrogens is 267 g/mol. The van der Waals surface area contributed by atoms with Crippen molar-refractivity contribution in [3.8, 4) is 0 Å². The summed E-state index contributed by atoms with van der Waals surface area (Å²) in [6.07, 6.45) is 1.23. The summed E-state index contributed by atoms with van der Waals surface area (Å²) >= 11 is 1.88. The predicted octanol–water partition coefficient (Wildman–Crippen LogP) is 1.41. The smallest absolute Gasteiger partial charge is 0.183 e. The third-order valence-corrected chi connectivity index (χ3v) is 1.81. The van der Waals surface area contributed by atoms with E-state index in [1.165, 1.54) is 6.34 Å². The number of amidine groups is 1. The van der Waals surface area contributed by atoms with Crippen molar-refractivity contribution in [1.29, 1.82) is 0 Å². The van der Waals surface area contributed by atoms with Crippen LogP contribution in [0.2, 0.25) is 0 Å². The zero-order chi connectivity index (χ0) is 8.97. The van der Waals surface area contributed by atoms with Crippen molar-refractivity contribution in [1.82, 2.24) is 4.98 Å². The van der Waals surface area contributed by atoms with Gasteiger partial charge in [0.1, 0.15) is 0 Å². The van der Waals surface area contributed by atoms with Crippen molar-refractivity contribution in [2.45, 2.75) is 6.92 Å². The van der Waals surface area contributed by atoms with Crippen molar-refractivity contribution >= 4 is 35.0 Å². The number of nitrogens with two attached hydrogens (primary N) is 1. The highest BCUT2D eigenvalue weighted by atomic mass is 127. The van der Waals surface area contributed by atoms with Gasteiger partial charge in [0.15, 0.2) is 5.84 Å². The summed E-state index contributed by atoms with van der Waals surface area (Å²) in [5.74, 6) is 0.603. The molecule has 0 aliphatic heterocycles. The molecule has 5 heteroatoms. The van der Waals surface area contributed by atoms with Crippen LogP contribution < -0.4 is 5.73 Å². The second kappa shape index (κ2) is 4.24. The Morgan fingerprint density at radius 2 is 2.42 bits per heavy atom. The van der Waals surface area contributed by atoms with E-state index in [0.717, 1.165) is 11.4 Å². The van der Waals surface area contributed by atoms with Crippen LogP contribution in [0.15, 0.2) is 20.3 Å². The van der Waals surface area contributed by atoms with E-state index in [4.69, 9.17) is 5.73 Å². The van der Waals surface area contributed by atoms with Crippen molar-refractivity contribution in [3.05, 3.63) is 23.5 Å². The topological polar surface area (TPSA) is 66.5 Å². The second-order valence-corrected chi connectivity index (χ2v) is 2.72. The molecule has 1 rings (SSSR count). The average molecular weight is 276 g/mol. The second-order valence-electron chi connectivity index (χ2n) is 2.24. The van der Waals surface area contributed by atoms with Crippen LogP contribution in [-0.4, -0.2) is 17.2 Å². The first kappa shape index (κ1) is 9.24. The van der Waals surface area contributed by atoms with Crippen molar-refractivity contribution in [2.75, 3.05) is 0 Å². The average Bonchev–Trinajstić information content (AvgIpc) is 2.47. The van der Waals surface area contributed by atoms with Gasteiger partial charge in [0.2, 0.25) is 0 Å². The molecule has 64 valence electrons. The highest BCUT2D eigenvalue weighted by molar-refractivity contribution is 14.1. The molecule has 0 fully saturated rings. The van der Waals surface area contributed by atoms with E-state index >= 15 is 0 Å². The number of hydrogen-bond donors (Lipinski definition) is 2. The number of aromatic amines is 1. The predicted molar refractivity (Wildman–Crippen MR) is 58.8 cm³/mol. The van der Waals surface area contributed by atoms with Crippen LogP contribution in [0.25, 0.3) is 0 Å². The van der Waals surface area contributed by atoms with Gasteiger partial charge < -0.3 is 10.7 Å². The standard InChI is InChI=1S/C7H9IN4/c1-5-2-3-6(11-5)7(12-8)10-4-9/h2-4,11H,1H3,(H2,9,10,12). The normalized spacial score (nSPS) is 12.7. The van der Waals surface area contributed by atoms with Crippen molar-refractivity contribution in [3.63, 3.8) is 0 Å². The number of rotatable bonds is 1. The molecule has 1 aromatic heterocycles. The van der Waals surface area contributed by atoms with Crippen LogP contribution in [0.1, 0.15) is 11.4 Å². The third kappa shape index (κ3) is 2.07. The van der Waals surface area contributed by atoms with Crippen LogP contribution in [0.3, 0.4) is 0 Å². The maximum Gasteiger partial charge on any atom is 0.183 e. The lowest BCUT2D eigenvalue weighted by Crippen LogP contribution is -2.00. The zero-order valence-electron chi connectivity index (χ0n) is 6.58. The molecule has 0 spiro atoms. The molecule has 4 nitrogen and oxygen atoms in total. The molecule has 0 aromatic carbocycles. The summed E-state index contributed by atoms with van der Waals surface area (Å²) in [6.45, 7) is 1.97. The molecule has 0 radical (unpaired) electrons. The number of H-pyrrole nitrogens is 1. The van der Waals surface area contributed by atoms with E-state index in [-0.39, 0.29) is 0 Å². The van der Waals surface area contributed by atoms with Gasteiger partial charge in [-0.1, -0.05) is 0 Å². The summed E-state index contributed by atoms with van der Waals surface area (Å²) in [4.78, 5) is 7.00. The van der Waals surface area contributed by atoms with Crippen LogP contribution in [-0.2, 0) is 0 Å². The molecule has 0 aliphatic carbocycles. The quantitative estimate of drug-likeness (QED) is 0.454. The summed E-state index contributed by atoms with van der Waals surface area (Å²) in [5, 5.41) is 0.